The van der Waals surface area contributed by atoms with Crippen LogP contribution in [0.2, 0.25) is 0 Å². The van der Waals surface area contributed by atoms with E-state index < -0.39 is 16.0 Å². The largest absolute Gasteiger partial charge is 0.478 e. The van der Waals surface area contributed by atoms with E-state index in [-0.39, 0.29) is 22.4 Å². The van der Waals surface area contributed by atoms with Gasteiger partial charge in [-0.2, -0.15) is 0 Å². The summed E-state index contributed by atoms with van der Waals surface area (Å²) in [5, 5.41) is 11.6. The first-order valence-corrected chi connectivity index (χ1v) is 10.1. The first-order chi connectivity index (χ1) is 12.8. The van der Waals surface area contributed by atoms with Gasteiger partial charge < -0.3 is 10.4 Å². The topological polar surface area (TPSA) is 113 Å². The molecule has 0 unspecified atom stereocenters. The molecular formula is C19H20N2O5S. The molecule has 0 heterocycles. The van der Waals surface area contributed by atoms with Crippen molar-refractivity contribution in [3.8, 4) is 0 Å². The zero-order valence-corrected chi connectivity index (χ0v) is 15.3. The molecule has 0 bridgehead atoms. The van der Waals surface area contributed by atoms with E-state index in [1.54, 1.807) is 12.1 Å². The molecule has 2 aromatic carbocycles. The third kappa shape index (κ3) is 5.15. The summed E-state index contributed by atoms with van der Waals surface area (Å²) in [5.41, 5.74) is 1.50. The lowest BCUT2D eigenvalue weighted by Gasteiger charge is -2.08. The molecule has 2 aromatic rings. The number of rotatable bonds is 8. The summed E-state index contributed by atoms with van der Waals surface area (Å²) in [6.07, 6.45) is 2.28. The van der Waals surface area contributed by atoms with Crippen molar-refractivity contribution in [1.82, 2.24) is 10.0 Å². The normalized spacial score (nSPS) is 13.9. The number of benzene rings is 2. The fourth-order valence-electron chi connectivity index (χ4n) is 2.51. The van der Waals surface area contributed by atoms with E-state index in [4.69, 9.17) is 5.11 Å². The van der Waals surface area contributed by atoms with Gasteiger partial charge in [-0.05, 0) is 61.2 Å². The van der Waals surface area contributed by atoms with Crippen molar-refractivity contribution in [1.29, 1.82) is 0 Å². The second-order valence-corrected chi connectivity index (χ2v) is 8.14. The summed E-state index contributed by atoms with van der Waals surface area (Å²) >= 11 is 0. The number of carbonyl (C=O) groups excluding carboxylic acids is 1. The Morgan fingerprint density at radius 3 is 2.11 bits per heavy atom. The highest BCUT2D eigenvalue weighted by atomic mass is 32.2. The van der Waals surface area contributed by atoms with Crippen LogP contribution in [-0.2, 0) is 16.4 Å². The number of carbonyl (C=O) groups is 2. The SMILES string of the molecule is O=C(O)c1ccc(CCNC(=O)c2ccc(S(=O)(=O)NC3CC3)cc2)cc1. The predicted molar refractivity (Wildman–Crippen MR) is 99.2 cm³/mol. The van der Waals surface area contributed by atoms with Crippen LogP contribution in [0.15, 0.2) is 53.4 Å². The van der Waals surface area contributed by atoms with Gasteiger partial charge in [-0.15, -0.1) is 0 Å². The molecule has 1 amide bonds. The predicted octanol–water partition coefficient (Wildman–Crippen LogP) is 1.80. The fraction of sp³-hybridized carbons (Fsp3) is 0.263. The third-order valence-electron chi connectivity index (χ3n) is 4.23. The minimum Gasteiger partial charge on any atom is -0.478 e. The second kappa shape index (κ2) is 7.89. The highest BCUT2D eigenvalue weighted by molar-refractivity contribution is 7.89. The number of hydrogen-bond donors (Lipinski definition) is 3. The molecule has 1 fully saturated rings. The van der Waals surface area contributed by atoms with E-state index in [2.05, 4.69) is 10.0 Å². The van der Waals surface area contributed by atoms with Crippen LogP contribution < -0.4 is 10.0 Å². The van der Waals surface area contributed by atoms with Gasteiger partial charge in [0, 0.05) is 18.2 Å². The molecule has 142 valence electrons. The van der Waals surface area contributed by atoms with Gasteiger partial charge in [-0.1, -0.05) is 12.1 Å². The molecule has 3 rings (SSSR count). The molecule has 1 saturated carbocycles. The van der Waals surface area contributed by atoms with Crippen LogP contribution in [0.25, 0.3) is 0 Å². The standard InChI is InChI=1S/C19H20N2O5S/c22-18(20-12-11-13-1-3-15(4-2-13)19(23)24)14-5-9-17(10-6-14)27(25,26)21-16-7-8-16/h1-6,9-10,16,21H,7-8,11-12H2,(H,20,22)(H,23,24). The monoisotopic (exact) mass is 388 g/mol. The highest BCUT2D eigenvalue weighted by Crippen LogP contribution is 2.22. The van der Waals surface area contributed by atoms with Gasteiger partial charge in [0.05, 0.1) is 10.5 Å². The number of carboxylic acid groups (broad SMARTS) is 1. The lowest BCUT2D eigenvalue weighted by molar-refractivity contribution is 0.0696. The molecule has 8 heteroatoms. The molecule has 7 nitrogen and oxygen atoms in total. The summed E-state index contributed by atoms with van der Waals surface area (Å²) in [5.74, 6) is -1.27. The van der Waals surface area contributed by atoms with Gasteiger partial charge in [0.15, 0.2) is 0 Å². The Morgan fingerprint density at radius 1 is 0.963 bits per heavy atom. The summed E-state index contributed by atoms with van der Waals surface area (Å²) in [6.45, 7) is 0.383. The Hall–Kier alpha value is -2.71. The smallest absolute Gasteiger partial charge is 0.335 e. The van der Waals surface area contributed by atoms with Crippen molar-refractivity contribution >= 4 is 21.9 Å². The zero-order valence-electron chi connectivity index (χ0n) is 14.5. The number of carboxylic acids is 1. The van der Waals surface area contributed by atoms with Crippen LogP contribution in [0.1, 0.15) is 39.1 Å². The van der Waals surface area contributed by atoms with Crippen LogP contribution in [0.3, 0.4) is 0 Å². The molecule has 0 radical (unpaired) electrons. The molecule has 0 aromatic heterocycles. The average molecular weight is 388 g/mol. The summed E-state index contributed by atoms with van der Waals surface area (Å²) in [6, 6.07) is 12.3. The summed E-state index contributed by atoms with van der Waals surface area (Å²) in [4.78, 5) is 23.1. The fourth-order valence-corrected chi connectivity index (χ4v) is 3.82. The molecule has 1 aliphatic carbocycles. The van der Waals surface area contributed by atoms with Gasteiger partial charge in [-0.25, -0.2) is 17.9 Å². The van der Waals surface area contributed by atoms with Crippen LogP contribution in [0.5, 0.6) is 0 Å². The molecule has 3 N–H and O–H groups in total. The van der Waals surface area contributed by atoms with Crippen LogP contribution in [0.4, 0.5) is 0 Å². The molecule has 0 spiro atoms. The van der Waals surface area contributed by atoms with Gasteiger partial charge in [0.25, 0.3) is 5.91 Å². The summed E-state index contributed by atoms with van der Waals surface area (Å²) < 4.78 is 26.8. The third-order valence-corrected chi connectivity index (χ3v) is 5.76. The maximum absolute atomic E-state index is 12.2. The minimum absolute atomic E-state index is 0.0301. The number of sulfonamides is 1. The van der Waals surface area contributed by atoms with Crippen molar-refractivity contribution in [3.63, 3.8) is 0 Å². The van der Waals surface area contributed by atoms with Crippen molar-refractivity contribution in [3.05, 3.63) is 65.2 Å². The number of nitrogens with one attached hydrogen (secondary N) is 2. The van der Waals surface area contributed by atoms with Gasteiger partial charge in [0.1, 0.15) is 0 Å². The van der Waals surface area contributed by atoms with Crippen molar-refractivity contribution in [2.75, 3.05) is 6.54 Å². The maximum Gasteiger partial charge on any atom is 0.335 e. The molecule has 27 heavy (non-hydrogen) atoms. The lowest BCUT2D eigenvalue weighted by atomic mass is 10.1. The van der Waals surface area contributed by atoms with E-state index in [1.807, 2.05) is 0 Å². The Labute approximate surface area is 157 Å². The Balaban J connectivity index is 1.52. The molecule has 0 aliphatic heterocycles. The van der Waals surface area contributed by atoms with Gasteiger partial charge >= 0.3 is 5.97 Å². The Morgan fingerprint density at radius 2 is 1.56 bits per heavy atom. The average Bonchev–Trinajstić information content (AvgIpc) is 3.45. The zero-order chi connectivity index (χ0) is 19.4. The molecule has 1 aliphatic rings. The number of hydrogen-bond acceptors (Lipinski definition) is 4. The van der Waals surface area contributed by atoms with Crippen molar-refractivity contribution in [2.45, 2.75) is 30.2 Å². The first kappa shape index (κ1) is 19.1. The van der Waals surface area contributed by atoms with E-state index in [1.165, 1.54) is 36.4 Å². The van der Waals surface area contributed by atoms with Crippen LogP contribution >= 0.6 is 0 Å². The number of aromatic carboxylic acids is 1. The van der Waals surface area contributed by atoms with E-state index in [0.29, 0.717) is 18.5 Å². The van der Waals surface area contributed by atoms with E-state index in [9.17, 15) is 18.0 Å². The van der Waals surface area contributed by atoms with Crippen molar-refractivity contribution < 1.29 is 23.1 Å². The quantitative estimate of drug-likeness (QED) is 0.638. The molecule has 0 saturated heterocycles. The van der Waals surface area contributed by atoms with Crippen molar-refractivity contribution in [2.24, 2.45) is 0 Å². The summed E-state index contributed by atoms with van der Waals surface area (Å²) in [7, 11) is -3.53. The van der Waals surface area contributed by atoms with Crippen LogP contribution in [-0.4, -0.2) is 38.0 Å². The molecule has 0 atom stereocenters. The minimum atomic E-state index is -3.53. The first-order valence-electron chi connectivity index (χ1n) is 8.58. The van der Waals surface area contributed by atoms with Crippen LogP contribution in [0, 0.1) is 0 Å². The van der Waals surface area contributed by atoms with Gasteiger partial charge in [-0.3, -0.25) is 4.79 Å². The van der Waals surface area contributed by atoms with E-state index >= 15 is 0 Å². The lowest BCUT2D eigenvalue weighted by Crippen LogP contribution is -2.27. The molecular weight excluding hydrogens is 368 g/mol. The highest BCUT2D eigenvalue weighted by Gasteiger charge is 2.27. The second-order valence-electron chi connectivity index (χ2n) is 6.43. The Bertz CT molecular complexity index is 933. The van der Waals surface area contributed by atoms with Gasteiger partial charge in [0.2, 0.25) is 10.0 Å². The van der Waals surface area contributed by atoms with E-state index in [0.717, 1.165) is 18.4 Å². The number of amides is 1. The Kier molecular flexibility index (Phi) is 5.57. The maximum atomic E-state index is 12.2.